The molecule has 0 saturated heterocycles. The Morgan fingerprint density at radius 2 is 2.00 bits per heavy atom. The van der Waals surface area contributed by atoms with E-state index >= 15 is 0 Å². The van der Waals surface area contributed by atoms with Crippen molar-refractivity contribution in [3.05, 3.63) is 93.8 Å². The van der Waals surface area contributed by atoms with Gasteiger partial charge in [-0.05, 0) is 30.2 Å². The summed E-state index contributed by atoms with van der Waals surface area (Å²) in [6, 6.07) is 12.9. The zero-order valence-corrected chi connectivity index (χ0v) is 16.1. The Balaban J connectivity index is 1.38. The second-order valence-corrected chi connectivity index (χ2v) is 6.70. The van der Waals surface area contributed by atoms with Crippen LogP contribution in [0.15, 0.2) is 65.5 Å². The van der Waals surface area contributed by atoms with E-state index in [0.717, 1.165) is 11.8 Å². The van der Waals surface area contributed by atoms with Crippen molar-refractivity contribution < 1.29 is 14.1 Å². The van der Waals surface area contributed by atoms with E-state index in [9.17, 15) is 14.9 Å². The van der Waals surface area contributed by atoms with Gasteiger partial charge < -0.3 is 9.73 Å². The number of benzene rings is 1. The highest BCUT2D eigenvalue weighted by Crippen LogP contribution is 2.15. The molecular weight excluding hydrogens is 388 g/mol. The number of furan rings is 1. The molecule has 1 amide bonds. The molecule has 10 nitrogen and oxygen atoms in total. The van der Waals surface area contributed by atoms with Crippen molar-refractivity contribution in [3.8, 4) is 0 Å². The third-order valence-electron chi connectivity index (χ3n) is 4.51. The van der Waals surface area contributed by atoms with Crippen molar-refractivity contribution in [2.45, 2.75) is 20.0 Å². The van der Waals surface area contributed by atoms with Gasteiger partial charge in [-0.15, -0.1) is 0 Å². The fraction of sp³-hybridized carbons (Fsp3) is 0.150. The van der Waals surface area contributed by atoms with E-state index in [1.807, 2.05) is 31.2 Å². The van der Waals surface area contributed by atoms with Crippen LogP contribution >= 0.6 is 0 Å². The molecule has 0 spiro atoms. The van der Waals surface area contributed by atoms with Crippen LogP contribution in [0.4, 0.5) is 11.5 Å². The largest absolute Gasteiger partial charge is 0.454 e. The fourth-order valence-electron chi connectivity index (χ4n) is 2.93. The van der Waals surface area contributed by atoms with Crippen LogP contribution in [0, 0.1) is 17.0 Å². The fourth-order valence-corrected chi connectivity index (χ4v) is 2.93. The molecule has 3 heterocycles. The minimum atomic E-state index is -0.525. The number of anilines is 1. The van der Waals surface area contributed by atoms with Gasteiger partial charge in [-0.2, -0.15) is 10.2 Å². The van der Waals surface area contributed by atoms with Gasteiger partial charge >= 0.3 is 5.69 Å². The van der Waals surface area contributed by atoms with Crippen LogP contribution in [0.1, 0.15) is 27.4 Å². The maximum Gasteiger partial charge on any atom is 0.307 e. The standard InChI is InChI=1S/C20H18N6O4/c1-14-4-2-3-5-15(14)11-24-9-8-19(23-24)22-20(27)18-7-6-17(30-18)13-25-12-16(10-21-25)26(28)29/h2-10,12H,11,13H2,1H3,(H,22,23,27). The molecule has 0 radical (unpaired) electrons. The minimum absolute atomic E-state index is 0.110. The summed E-state index contributed by atoms with van der Waals surface area (Å²) >= 11 is 0. The van der Waals surface area contributed by atoms with Crippen LogP contribution in [0.2, 0.25) is 0 Å². The number of rotatable bonds is 7. The quantitative estimate of drug-likeness (QED) is 0.371. The van der Waals surface area contributed by atoms with Crippen molar-refractivity contribution in [3.63, 3.8) is 0 Å². The lowest BCUT2D eigenvalue weighted by molar-refractivity contribution is -0.385. The van der Waals surface area contributed by atoms with Gasteiger partial charge in [0.2, 0.25) is 0 Å². The summed E-state index contributed by atoms with van der Waals surface area (Å²) in [5.41, 5.74) is 2.21. The van der Waals surface area contributed by atoms with E-state index in [4.69, 9.17) is 4.42 Å². The molecule has 0 aliphatic heterocycles. The van der Waals surface area contributed by atoms with Gasteiger partial charge in [0.25, 0.3) is 5.91 Å². The molecule has 1 aromatic carbocycles. The first-order chi connectivity index (χ1) is 14.5. The average molecular weight is 406 g/mol. The first-order valence-corrected chi connectivity index (χ1v) is 9.13. The number of hydrogen-bond acceptors (Lipinski definition) is 6. The Bertz CT molecular complexity index is 1210. The van der Waals surface area contributed by atoms with Crippen molar-refractivity contribution in [1.29, 1.82) is 0 Å². The number of nitrogens with zero attached hydrogens (tertiary/aromatic N) is 5. The number of nitro groups is 1. The van der Waals surface area contributed by atoms with Gasteiger partial charge in [-0.1, -0.05) is 24.3 Å². The lowest BCUT2D eigenvalue weighted by Gasteiger charge is -2.05. The summed E-state index contributed by atoms with van der Waals surface area (Å²) in [6.07, 6.45) is 4.24. The molecule has 4 aromatic rings. The number of carbonyl (C=O) groups is 1. The third kappa shape index (κ3) is 4.27. The van der Waals surface area contributed by atoms with Crippen molar-refractivity contribution in [2.75, 3.05) is 5.32 Å². The number of amides is 1. The summed E-state index contributed by atoms with van der Waals surface area (Å²) in [5, 5.41) is 21.7. The predicted molar refractivity (Wildman–Crippen MR) is 107 cm³/mol. The lowest BCUT2D eigenvalue weighted by Crippen LogP contribution is -2.12. The first-order valence-electron chi connectivity index (χ1n) is 9.13. The average Bonchev–Trinajstić information content (AvgIpc) is 3.45. The summed E-state index contributed by atoms with van der Waals surface area (Å²) in [4.78, 5) is 22.6. The number of carbonyl (C=O) groups excluding carboxylic acids is 1. The van der Waals surface area contributed by atoms with Gasteiger partial charge in [0.15, 0.2) is 11.6 Å². The van der Waals surface area contributed by atoms with Crippen molar-refractivity contribution in [1.82, 2.24) is 19.6 Å². The Morgan fingerprint density at radius 1 is 1.17 bits per heavy atom. The van der Waals surface area contributed by atoms with Crippen molar-refractivity contribution in [2.24, 2.45) is 0 Å². The van der Waals surface area contributed by atoms with Gasteiger partial charge in [0, 0.05) is 12.3 Å². The Hall–Kier alpha value is -4.21. The number of hydrogen-bond donors (Lipinski definition) is 1. The smallest absolute Gasteiger partial charge is 0.307 e. The molecule has 0 unspecified atom stereocenters. The topological polar surface area (TPSA) is 121 Å². The SMILES string of the molecule is Cc1ccccc1Cn1ccc(NC(=O)c2ccc(Cn3cc([N+](=O)[O-])cn3)o2)n1. The molecule has 0 bridgehead atoms. The Labute approximate surface area is 170 Å². The molecule has 0 saturated carbocycles. The maximum absolute atomic E-state index is 12.4. The van der Waals surface area contributed by atoms with Crippen LogP contribution in [0.5, 0.6) is 0 Å². The monoisotopic (exact) mass is 406 g/mol. The molecule has 152 valence electrons. The van der Waals surface area contributed by atoms with E-state index in [0.29, 0.717) is 18.1 Å². The highest BCUT2D eigenvalue weighted by atomic mass is 16.6. The third-order valence-corrected chi connectivity index (χ3v) is 4.51. The zero-order valence-electron chi connectivity index (χ0n) is 16.1. The van der Waals surface area contributed by atoms with Crippen LogP contribution in [-0.2, 0) is 13.1 Å². The Morgan fingerprint density at radius 3 is 2.77 bits per heavy atom. The van der Waals surface area contributed by atoms with Crippen LogP contribution in [-0.4, -0.2) is 30.4 Å². The highest BCUT2D eigenvalue weighted by molar-refractivity contribution is 6.01. The van der Waals surface area contributed by atoms with E-state index in [2.05, 4.69) is 15.5 Å². The molecule has 1 N–H and O–H groups in total. The number of aromatic nitrogens is 4. The highest BCUT2D eigenvalue weighted by Gasteiger charge is 2.15. The van der Waals surface area contributed by atoms with Crippen LogP contribution in [0.3, 0.4) is 0 Å². The first kappa shape index (κ1) is 19.1. The van der Waals surface area contributed by atoms with Gasteiger partial charge in [0.1, 0.15) is 18.2 Å². The Kier molecular flexibility index (Phi) is 5.12. The maximum atomic E-state index is 12.4. The van der Waals surface area contributed by atoms with Gasteiger partial charge in [0.05, 0.1) is 18.0 Å². The van der Waals surface area contributed by atoms with Crippen molar-refractivity contribution >= 4 is 17.4 Å². The molecular formula is C20H18N6O4. The second-order valence-electron chi connectivity index (χ2n) is 6.70. The van der Waals surface area contributed by atoms with E-state index in [1.54, 1.807) is 23.0 Å². The summed E-state index contributed by atoms with van der Waals surface area (Å²) < 4.78 is 8.65. The predicted octanol–water partition coefficient (Wildman–Crippen LogP) is 3.24. The number of aryl methyl sites for hydroxylation is 1. The van der Waals surface area contributed by atoms with Crippen LogP contribution in [0.25, 0.3) is 0 Å². The molecule has 0 atom stereocenters. The van der Waals surface area contributed by atoms with E-state index in [1.165, 1.54) is 22.5 Å². The normalized spacial score (nSPS) is 10.8. The second kappa shape index (κ2) is 8.03. The molecule has 0 aliphatic carbocycles. The zero-order chi connectivity index (χ0) is 21.1. The van der Waals surface area contributed by atoms with Gasteiger partial charge in [-0.3, -0.25) is 24.3 Å². The molecule has 10 heteroatoms. The minimum Gasteiger partial charge on any atom is -0.454 e. The molecule has 0 fully saturated rings. The summed E-state index contributed by atoms with van der Waals surface area (Å²) in [6.45, 7) is 2.81. The molecule has 3 aromatic heterocycles. The number of nitrogens with one attached hydrogen (secondary N) is 1. The van der Waals surface area contributed by atoms with Gasteiger partial charge in [-0.25, -0.2) is 0 Å². The molecule has 30 heavy (non-hydrogen) atoms. The summed E-state index contributed by atoms with van der Waals surface area (Å²) in [5.74, 6) is 0.534. The molecule has 0 aliphatic rings. The van der Waals surface area contributed by atoms with E-state index in [-0.39, 0.29) is 18.0 Å². The van der Waals surface area contributed by atoms with Crippen LogP contribution < -0.4 is 5.32 Å². The molecule has 4 rings (SSSR count). The lowest BCUT2D eigenvalue weighted by atomic mass is 10.1. The van der Waals surface area contributed by atoms with E-state index < -0.39 is 10.8 Å². The summed E-state index contributed by atoms with van der Waals surface area (Å²) in [7, 11) is 0.